The summed E-state index contributed by atoms with van der Waals surface area (Å²) in [5, 5.41) is 0. The van der Waals surface area contributed by atoms with E-state index >= 15 is 0 Å². The van der Waals surface area contributed by atoms with Crippen molar-refractivity contribution in [1.82, 2.24) is 14.7 Å². The molecule has 1 unspecified atom stereocenters. The van der Waals surface area contributed by atoms with Gasteiger partial charge in [0.1, 0.15) is 5.75 Å². The fourth-order valence-electron chi connectivity index (χ4n) is 3.92. The number of likely N-dealkylation sites (tertiary alicyclic amines) is 1. The van der Waals surface area contributed by atoms with E-state index < -0.39 is 0 Å². The first-order valence-electron chi connectivity index (χ1n) is 9.73. The zero-order valence-corrected chi connectivity index (χ0v) is 16.1. The van der Waals surface area contributed by atoms with Gasteiger partial charge in [-0.1, -0.05) is 18.6 Å². The van der Waals surface area contributed by atoms with E-state index in [2.05, 4.69) is 17.0 Å². The zero-order chi connectivity index (χ0) is 19.2. The molecule has 0 aromatic heterocycles. The number of hydrogen-bond acceptors (Lipinski definition) is 5. The molecule has 2 N–H and O–H groups in total. The highest BCUT2D eigenvalue weighted by molar-refractivity contribution is 5.82. The van der Waals surface area contributed by atoms with E-state index in [0.29, 0.717) is 6.54 Å². The molecular formula is C20H30N4O3. The lowest BCUT2D eigenvalue weighted by molar-refractivity contribution is -0.136. The van der Waals surface area contributed by atoms with Gasteiger partial charge in [-0.15, -0.1) is 0 Å². The Balaban J connectivity index is 1.46. The number of nitrogens with zero attached hydrogens (tertiary/aromatic N) is 3. The van der Waals surface area contributed by atoms with Gasteiger partial charge >= 0.3 is 0 Å². The number of nitrogens with two attached hydrogens (primary N) is 1. The van der Waals surface area contributed by atoms with E-state index in [1.54, 1.807) is 7.11 Å². The highest BCUT2D eigenvalue weighted by Gasteiger charge is 2.30. The summed E-state index contributed by atoms with van der Waals surface area (Å²) in [5.74, 6) is 0.653. The first-order valence-corrected chi connectivity index (χ1v) is 9.73. The van der Waals surface area contributed by atoms with Crippen LogP contribution in [0.4, 0.5) is 0 Å². The summed E-state index contributed by atoms with van der Waals surface area (Å²) in [6.07, 6.45) is 2.79. The SMILES string of the molecule is COc1ccc(CN2CCN(C(=O)CN3CCCCC3C(N)=O)CC2)cc1. The molecule has 2 heterocycles. The minimum atomic E-state index is -0.313. The molecule has 0 spiro atoms. The molecule has 0 radical (unpaired) electrons. The molecule has 1 atom stereocenters. The van der Waals surface area contributed by atoms with Crippen LogP contribution >= 0.6 is 0 Å². The normalized spacial score (nSPS) is 21.8. The van der Waals surface area contributed by atoms with Crippen molar-refractivity contribution in [2.45, 2.75) is 31.8 Å². The second-order valence-corrected chi connectivity index (χ2v) is 7.39. The van der Waals surface area contributed by atoms with Gasteiger partial charge in [-0.3, -0.25) is 19.4 Å². The summed E-state index contributed by atoms with van der Waals surface area (Å²) >= 11 is 0. The largest absolute Gasteiger partial charge is 0.497 e. The van der Waals surface area contributed by atoms with Gasteiger partial charge in [0, 0.05) is 32.7 Å². The molecule has 2 saturated heterocycles. The third-order valence-corrected chi connectivity index (χ3v) is 5.57. The second kappa shape index (κ2) is 9.19. The van der Waals surface area contributed by atoms with Crippen LogP contribution in [-0.2, 0) is 16.1 Å². The number of primary amides is 1. The number of piperidine rings is 1. The van der Waals surface area contributed by atoms with E-state index in [4.69, 9.17) is 10.5 Å². The van der Waals surface area contributed by atoms with Crippen LogP contribution in [0.15, 0.2) is 24.3 Å². The Morgan fingerprint density at radius 2 is 1.78 bits per heavy atom. The summed E-state index contributed by atoms with van der Waals surface area (Å²) in [5.41, 5.74) is 6.75. The molecule has 1 aromatic carbocycles. The van der Waals surface area contributed by atoms with Crippen LogP contribution < -0.4 is 10.5 Å². The third kappa shape index (κ3) is 5.20. The lowest BCUT2D eigenvalue weighted by atomic mass is 10.0. The summed E-state index contributed by atoms with van der Waals surface area (Å²) in [6, 6.07) is 7.82. The van der Waals surface area contributed by atoms with Crippen LogP contribution in [-0.4, -0.2) is 78.9 Å². The molecule has 1 aromatic rings. The van der Waals surface area contributed by atoms with Crippen LogP contribution in [0.2, 0.25) is 0 Å². The summed E-state index contributed by atoms with van der Waals surface area (Å²) in [4.78, 5) is 30.5. The maximum Gasteiger partial charge on any atom is 0.236 e. The molecule has 2 amide bonds. The molecule has 2 aliphatic rings. The number of carbonyl (C=O) groups is 2. The lowest BCUT2D eigenvalue weighted by Crippen LogP contribution is -2.54. The molecule has 7 heteroatoms. The number of ether oxygens (including phenoxy) is 1. The quantitative estimate of drug-likeness (QED) is 0.792. The van der Waals surface area contributed by atoms with Crippen LogP contribution in [0.3, 0.4) is 0 Å². The fraction of sp³-hybridized carbons (Fsp3) is 0.600. The highest BCUT2D eigenvalue weighted by Crippen LogP contribution is 2.18. The minimum absolute atomic E-state index is 0.104. The molecule has 2 fully saturated rings. The van der Waals surface area contributed by atoms with Gasteiger partial charge in [-0.05, 0) is 37.1 Å². The number of methoxy groups -OCH3 is 1. The van der Waals surface area contributed by atoms with E-state index in [9.17, 15) is 9.59 Å². The van der Waals surface area contributed by atoms with Crippen LogP contribution in [0.5, 0.6) is 5.75 Å². The smallest absolute Gasteiger partial charge is 0.236 e. The first kappa shape index (κ1) is 19.6. The predicted octanol–water partition coefficient (Wildman–Crippen LogP) is 0.679. The lowest BCUT2D eigenvalue weighted by Gasteiger charge is -2.38. The number of hydrogen-bond donors (Lipinski definition) is 1. The van der Waals surface area contributed by atoms with Crippen molar-refractivity contribution in [1.29, 1.82) is 0 Å². The number of benzene rings is 1. The third-order valence-electron chi connectivity index (χ3n) is 5.57. The maximum atomic E-state index is 12.7. The molecule has 0 saturated carbocycles. The van der Waals surface area contributed by atoms with Crippen molar-refractivity contribution in [2.75, 3.05) is 46.4 Å². The first-order chi connectivity index (χ1) is 13.1. The van der Waals surface area contributed by atoms with Crippen molar-refractivity contribution in [2.24, 2.45) is 5.73 Å². The van der Waals surface area contributed by atoms with Gasteiger partial charge in [-0.25, -0.2) is 0 Å². The number of carbonyl (C=O) groups excluding carboxylic acids is 2. The molecular weight excluding hydrogens is 344 g/mol. The molecule has 148 valence electrons. The number of rotatable bonds is 6. The minimum Gasteiger partial charge on any atom is -0.497 e. The summed E-state index contributed by atoms with van der Waals surface area (Å²) in [6.45, 7) is 5.12. The van der Waals surface area contributed by atoms with Crippen LogP contribution in [0.1, 0.15) is 24.8 Å². The maximum absolute atomic E-state index is 12.7. The highest BCUT2D eigenvalue weighted by atomic mass is 16.5. The number of amides is 2. The van der Waals surface area contributed by atoms with Gasteiger partial charge in [0.25, 0.3) is 0 Å². The van der Waals surface area contributed by atoms with Crippen molar-refractivity contribution in [3.63, 3.8) is 0 Å². The monoisotopic (exact) mass is 374 g/mol. The fourth-order valence-corrected chi connectivity index (χ4v) is 3.92. The Hall–Kier alpha value is -2.12. The molecule has 2 aliphatic heterocycles. The summed E-state index contributed by atoms with van der Waals surface area (Å²) < 4.78 is 5.19. The molecule has 7 nitrogen and oxygen atoms in total. The predicted molar refractivity (Wildman–Crippen MR) is 103 cm³/mol. The molecule has 27 heavy (non-hydrogen) atoms. The van der Waals surface area contributed by atoms with Crippen LogP contribution in [0.25, 0.3) is 0 Å². The van der Waals surface area contributed by atoms with Gasteiger partial charge in [0.15, 0.2) is 0 Å². The number of piperazine rings is 1. The zero-order valence-electron chi connectivity index (χ0n) is 16.1. The van der Waals surface area contributed by atoms with Crippen molar-refractivity contribution >= 4 is 11.8 Å². The average Bonchev–Trinajstić information content (AvgIpc) is 2.69. The Morgan fingerprint density at radius 3 is 2.41 bits per heavy atom. The van der Waals surface area contributed by atoms with Crippen LogP contribution in [0, 0.1) is 0 Å². The van der Waals surface area contributed by atoms with E-state index in [-0.39, 0.29) is 17.9 Å². The summed E-state index contributed by atoms with van der Waals surface area (Å²) in [7, 11) is 1.67. The Kier molecular flexibility index (Phi) is 6.68. The molecule has 0 aliphatic carbocycles. The van der Waals surface area contributed by atoms with Crippen molar-refractivity contribution in [3.05, 3.63) is 29.8 Å². The van der Waals surface area contributed by atoms with Crippen molar-refractivity contribution < 1.29 is 14.3 Å². The Labute approximate surface area is 161 Å². The molecule has 3 rings (SSSR count). The van der Waals surface area contributed by atoms with Gasteiger partial charge < -0.3 is 15.4 Å². The van der Waals surface area contributed by atoms with E-state index in [1.807, 2.05) is 21.9 Å². The molecule has 0 bridgehead atoms. The second-order valence-electron chi connectivity index (χ2n) is 7.39. The average molecular weight is 374 g/mol. The van der Waals surface area contributed by atoms with Gasteiger partial charge in [-0.2, -0.15) is 0 Å². The van der Waals surface area contributed by atoms with E-state index in [0.717, 1.165) is 64.3 Å². The van der Waals surface area contributed by atoms with Crippen molar-refractivity contribution in [3.8, 4) is 5.75 Å². The topological polar surface area (TPSA) is 79.1 Å². The van der Waals surface area contributed by atoms with E-state index in [1.165, 1.54) is 5.56 Å². The van der Waals surface area contributed by atoms with Gasteiger partial charge in [0.2, 0.25) is 11.8 Å². The Morgan fingerprint density at radius 1 is 1.07 bits per heavy atom. The standard InChI is InChI=1S/C20H30N4O3/c1-27-17-7-5-16(6-8-17)14-22-10-12-23(13-11-22)19(25)15-24-9-3-2-4-18(24)20(21)26/h5-8,18H,2-4,9-15H2,1H3,(H2,21,26). The van der Waals surface area contributed by atoms with Gasteiger partial charge in [0.05, 0.1) is 19.7 Å². The Bertz CT molecular complexity index is 641.